The van der Waals surface area contributed by atoms with Gasteiger partial charge in [-0.2, -0.15) is 0 Å². The third kappa shape index (κ3) is 3.26. The van der Waals surface area contributed by atoms with Crippen molar-refractivity contribution in [3.05, 3.63) is 28.2 Å². The normalized spacial score (nSPS) is 20.5. The Kier molecular flexibility index (Phi) is 3.73. The Hall–Kier alpha value is -0.440. The largest absolute Gasteiger partial charge is 0.382 e. The van der Waals surface area contributed by atoms with Crippen LogP contribution in [0.3, 0.4) is 0 Å². The van der Waals surface area contributed by atoms with Gasteiger partial charge in [-0.1, -0.05) is 23.2 Å². The van der Waals surface area contributed by atoms with Crippen molar-refractivity contribution in [3.63, 3.8) is 0 Å². The first-order valence-electron chi connectivity index (χ1n) is 5.05. The third-order valence-corrected chi connectivity index (χ3v) is 2.86. The third-order valence-electron chi connectivity index (χ3n) is 2.42. The summed E-state index contributed by atoms with van der Waals surface area (Å²) in [6, 6.07) is 5.45. The average molecular weight is 246 g/mol. The number of rotatable bonds is 3. The van der Waals surface area contributed by atoms with E-state index < -0.39 is 0 Å². The van der Waals surface area contributed by atoms with Crippen LogP contribution in [-0.2, 0) is 4.74 Å². The smallest absolute Gasteiger partial charge is 0.0748 e. The molecule has 1 unspecified atom stereocenters. The lowest BCUT2D eigenvalue weighted by Gasteiger charge is -2.12. The summed E-state index contributed by atoms with van der Waals surface area (Å²) in [5, 5.41) is 4.57. The van der Waals surface area contributed by atoms with Crippen LogP contribution in [0.4, 0.5) is 5.69 Å². The molecule has 0 saturated carbocycles. The molecule has 2 rings (SSSR count). The van der Waals surface area contributed by atoms with Gasteiger partial charge in [-0.15, -0.1) is 0 Å². The summed E-state index contributed by atoms with van der Waals surface area (Å²) in [7, 11) is 0. The van der Waals surface area contributed by atoms with Crippen molar-refractivity contribution in [2.45, 2.75) is 18.9 Å². The molecule has 1 aromatic carbocycles. The minimum atomic E-state index is 0.322. The van der Waals surface area contributed by atoms with Gasteiger partial charge in [0, 0.05) is 28.9 Å². The van der Waals surface area contributed by atoms with Crippen molar-refractivity contribution in [1.29, 1.82) is 0 Å². The molecule has 2 nitrogen and oxygen atoms in total. The van der Waals surface area contributed by atoms with Gasteiger partial charge in [0.2, 0.25) is 0 Å². The summed E-state index contributed by atoms with van der Waals surface area (Å²) in [5.74, 6) is 0. The van der Waals surface area contributed by atoms with Crippen LogP contribution in [-0.4, -0.2) is 19.3 Å². The molecule has 0 bridgehead atoms. The molecule has 0 spiro atoms. The minimum absolute atomic E-state index is 0.322. The number of hydrogen-bond acceptors (Lipinski definition) is 2. The standard InChI is InChI=1S/C11H13Cl2NO/c12-8-4-9(13)6-10(5-8)14-7-11-2-1-3-15-11/h4-6,11,14H,1-3,7H2. The van der Waals surface area contributed by atoms with Gasteiger partial charge in [0.25, 0.3) is 0 Å². The number of hydrogen-bond donors (Lipinski definition) is 1. The van der Waals surface area contributed by atoms with Gasteiger partial charge in [0.05, 0.1) is 6.10 Å². The summed E-state index contributed by atoms with van der Waals surface area (Å²) in [6.07, 6.45) is 2.60. The van der Waals surface area contributed by atoms with E-state index in [4.69, 9.17) is 27.9 Å². The minimum Gasteiger partial charge on any atom is -0.382 e. The first-order valence-corrected chi connectivity index (χ1v) is 5.81. The lowest BCUT2D eigenvalue weighted by atomic mass is 10.2. The van der Waals surface area contributed by atoms with Crippen LogP contribution < -0.4 is 5.32 Å². The van der Waals surface area contributed by atoms with Gasteiger partial charge in [-0.05, 0) is 31.0 Å². The molecule has 0 amide bonds. The van der Waals surface area contributed by atoms with E-state index in [1.54, 1.807) is 6.07 Å². The molecular weight excluding hydrogens is 233 g/mol. The Morgan fingerprint density at radius 2 is 2.00 bits per heavy atom. The molecule has 1 heterocycles. The van der Waals surface area contributed by atoms with Crippen LogP contribution in [0.25, 0.3) is 0 Å². The molecule has 0 radical (unpaired) electrons. The second kappa shape index (κ2) is 5.06. The lowest BCUT2D eigenvalue weighted by molar-refractivity contribution is 0.120. The molecule has 1 N–H and O–H groups in total. The van der Waals surface area contributed by atoms with Gasteiger partial charge in [-0.3, -0.25) is 0 Å². The van der Waals surface area contributed by atoms with E-state index in [1.165, 1.54) is 0 Å². The Morgan fingerprint density at radius 3 is 2.60 bits per heavy atom. The van der Waals surface area contributed by atoms with Crippen molar-refractivity contribution in [1.82, 2.24) is 0 Å². The summed E-state index contributed by atoms with van der Waals surface area (Å²) < 4.78 is 5.51. The highest BCUT2D eigenvalue weighted by molar-refractivity contribution is 6.35. The molecule has 4 heteroatoms. The highest BCUT2D eigenvalue weighted by Gasteiger charge is 2.14. The molecule has 1 fully saturated rings. The van der Waals surface area contributed by atoms with Crippen molar-refractivity contribution in [2.75, 3.05) is 18.5 Å². The zero-order chi connectivity index (χ0) is 10.7. The summed E-state index contributed by atoms with van der Waals surface area (Å²) >= 11 is 11.8. The molecular formula is C11H13Cl2NO. The van der Waals surface area contributed by atoms with E-state index in [-0.39, 0.29) is 0 Å². The summed E-state index contributed by atoms with van der Waals surface area (Å²) in [5.41, 5.74) is 0.947. The Labute approximate surface area is 99.5 Å². The molecule has 1 saturated heterocycles. The van der Waals surface area contributed by atoms with E-state index in [2.05, 4.69) is 5.32 Å². The van der Waals surface area contributed by atoms with Crippen molar-refractivity contribution < 1.29 is 4.74 Å². The van der Waals surface area contributed by atoms with E-state index in [9.17, 15) is 0 Å². The fraction of sp³-hybridized carbons (Fsp3) is 0.455. The second-order valence-electron chi connectivity index (χ2n) is 3.67. The van der Waals surface area contributed by atoms with E-state index in [0.29, 0.717) is 16.1 Å². The van der Waals surface area contributed by atoms with Crippen molar-refractivity contribution in [3.8, 4) is 0 Å². The summed E-state index contributed by atoms with van der Waals surface area (Å²) in [4.78, 5) is 0. The quantitative estimate of drug-likeness (QED) is 0.879. The predicted octanol–water partition coefficient (Wildman–Crippen LogP) is 3.58. The Balaban J connectivity index is 1.92. The van der Waals surface area contributed by atoms with Crippen LogP contribution in [0.1, 0.15) is 12.8 Å². The van der Waals surface area contributed by atoms with Gasteiger partial charge in [-0.25, -0.2) is 0 Å². The van der Waals surface area contributed by atoms with Crippen LogP contribution in [0.15, 0.2) is 18.2 Å². The van der Waals surface area contributed by atoms with E-state index in [0.717, 1.165) is 31.7 Å². The maximum Gasteiger partial charge on any atom is 0.0748 e. The molecule has 0 aliphatic carbocycles. The second-order valence-corrected chi connectivity index (χ2v) is 4.55. The molecule has 1 aliphatic heterocycles. The van der Waals surface area contributed by atoms with E-state index >= 15 is 0 Å². The number of nitrogens with one attached hydrogen (secondary N) is 1. The van der Waals surface area contributed by atoms with E-state index in [1.807, 2.05) is 12.1 Å². The topological polar surface area (TPSA) is 21.3 Å². The molecule has 1 atom stereocenters. The van der Waals surface area contributed by atoms with Crippen molar-refractivity contribution >= 4 is 28.9 Å². The van der Waals surface area contributed by atoms with Gasteiger partial charge in [0.15, 0.2) is 0 Å². The fourth-order valence-corrected chi connectivity index (χ4v) is 2.22. The molecule has 82 valence electrons. The van der Waals surface area contributed by atoms with Crippen LogP contribution >= 0.6 is 23.2 Å². The number of benzene rings is 1. The predicted molar refractivity (Wildman–Crippen MR) is 63.9 cm³/mol. The lowest BCUT2D eigenvalue weighted by Crippen LogP contribution is -2.18. The monoisotopic (exact) mass is 245 g/mol. The maximum absolute atomic E-state index is 5.89. The zero-order valence-corrected chi connectivity index (χ0v) is 9.81. The number of anilines is 1. The highest BCUT2D eigenvalue weighted by Crippen LogP contribution is 2.23. The first-order chi connectivity index (χ1) is 7.24. The molecule has 0 aromatic heterocycles. The van der Waals surface area contributed by atoms with Gasteiger partial charge in [0.1, 0.15) is 0 Å². The van der Waals surface area contributed by atoms with Crippen LogP contribution in [0.2, 0.25) is 10.0 Å². The first kappa shape index (κ1) is 11.1. The van der Waals surface area contributed by atoms with Gasteiger partial charge >= 0.3 is 0 Å². The number of ether oxygens (including phenoxy) is 1. The maximum atomic E-state index is 5.89. The molecule has 1 aromatic rings. The molecule has 15 heavy (non-hydrogen) atoms. The average Bonchev–Trinajstić information content (AvgIpc) is 2.65. The zero-order valence-electron chi connectivity index (χ0n) is 8.30. The van der Waals surface area contributed by atoms with Crippen LogP contribution in [0, 0.1) is 0 Å². The Bertz CT molecular complexity index is 317. The van der Waals surface area contributed by atoms with Crippen LogP contribution in [0.5, 0.6) is 0 Å². The SMILES string of the molecule is Clc1cc(Cl)cc(NCC2CCCO2)c1. The number of halogens is 2. The highest BCUT2D eigenvalue weighted by atomic mass is 35.5. The Morgan fingerprint density at radius 1 is 1.27 bits per heavy atom. The fourth-order valence-electron chi connectivity index (χ4n) is 1.69. The molecule has 1 aliphatic rings. The van der Waals surface area contributed by atoms with Gasteiger partial charge < -0.3 is 10.1 Å². The van der Waals surface area contributed by atoms with Crippen molar-refractivity contribution in [2.24, 2.45) is 0 Å². The summed E-state index contributed by atoms with van der Waals surface area (Å²) in [6.45, 7) is 1.69.